The van der Waals surface area contributed by atoms with Gasteiger partial charge in [0, 0.05) is 5.56 Å². The van der Waals surface area contributed by atoms with Gasteiger partial charge in [-0.05, 0) is 36.4 Å². The van der Waals surface area contributed by atoms with E-state index in [1.807, 2.05) is 6.07 Å². The van der Waals surface area contributed by atoms with Crippen LogP contribution in [0.2, 0.25) is 5.02 Å². The maximum atomic E-state index is 13.0. The molecule has 0 aromatic heterocycles. The zero-order valence-electron chi connectivity index (χ0n) is 9.65. The molecule has 94 valence electrons. The largest absolute Gasteiger partial charge is 0.321 e. The fourth-order valence-electron chi connectivity index (χ4n) is 1.51. The van der Waals surface area contributed by atoms with Crippen molar-refractivity contribution < 1.29 is 9.18 Å². The van der Waals surface area contributed by atoms with Crippen LogP contribution in [0.5, 0.6) is 0 Å². The van der Waals surface area contributed by atoms with Crippen molar-refractivity contribution in [1.29, 1.82) is 5.26 Å². The molecule has 0 aliphatic heterocycles. The summed E-state index contributed by atoms with van der Waals surface area (Å²) in [7, 11) is 0. The van der Waals surface area contributed by atoms with E-state index < -0.39 is 11.7 Å². The molecule has 2 aromatic carbocycles. The van der Waals surface area contributed by atoms with Crippen LogP contribution in [0.25, 0.3) is 0 Å². The molecule has 0 radical (unpaired) electrons. The molecular weight excluding hydrogens is 267 g/mol. The van der Waals surface area contributed by atoms with Gasteiger partial charge >= 0.3 is 0 Å². The number of nitrogens with one attached hydrogen (secondary N) is 1. The lowest BCUT2D eigenvalue weighted by atomic mass is 10.2. The Hall–Kier alpha value is -2.38. The molecule has 0 atom stereocenters. The summed E-state index contributed by atoms with van der Waals surface area (Å²) in [5, 5.41) is 11.6. The smallest absolute Gasteiger partial charge is 0.255 e. The van der Waals surface area contributed by atoms with Gasteiger partial charge in [0.25, 0.3) is 5.91 Å². The third-order valence-corrected chi connectivity index (χ3v) is 2.76. The van der Waals surface area contributed by atoms with Gasteiger partial charge in [0.05, 0.1) is 22.3 Å². The summed E-state index contributed by atoms with van der Waals surface area (Å²) < 4.78 is 13.0. The minimum Gasteiger partial charge on any atom is -0.321 e. The van der Waals surface area contributed by atoms with E-state index in [-0.39, 0.29) is 5.56 Å². The first kappa shape index (κ1) is 13.1. The van der Waals surface area contributed by atoms with E-state index in [1.54, 1.807) is 6.07 Å². The monoisotopic (exact) mass is 274 g/mol. The Morgan fingerprint density at radius 1 is 1.26 bits per heavy atom. The fraction of sp³-hybridized carbons (Fsp3) is 0. The molecule has 0 aliphatic carbocycles. The standard InChI is InChI=1S/C14H8ClFN2O/c15-12-5-4-9(8-17)6-13(12)18-14(19)10-2-1-3-11(16)7-10/h1-7H,(H,18,19). The summed E-state index contributed by atoms with van der Waals surface area (Å²) in [4.78, 5) is 11.9. The Balaban J connectivity index is 2.27. The number of carbonyl (C=O) groups is 1. The van der Waals surface area contributed by atoms with Crippen molar-refractivity contribution in [3.63, 3.8) is 0 Å². The lowest BCUT2D eigenvalue weighted by molar-refractivity contribution is 0.102. The van der Waals surface area contributed by atoms with Gasteiger partial charge in [0.2, 0.25) is 0 Å². The van der Waals surface area contributed by atoms with Gasteiger partial charge in [-0.2, -0.15) is 5.26 Å². The Bertz CT molecular complexity index is 679. The van der Waals surface area contributed by atoms with E-state index in [1.165, 1.54) is 30.3 Å². The van der Waals surface area contributed by atoms with E-state index in [9.17, 15) is 9.18 Å². The Morgan fingerprint density at radius 2 is 2.05 bits per heavy atom. The minimum absolute atomic E-state index is 0.179. The second-order valence-electron chi connectivity index (χ2n) is 3.77. The van der Waals surface area contributed by atoms with Crippen LogP contribution in [0, 0.1) is 17.1 Å². The number of benzene rings is 2. The normalized spacial score (nSPS) is 9.74. The quantitative estimate of drug-likeness (QED) is 0.909. The maximum absolute atomic E-state index is 13.0. The van der Waals surface area contributed by atoms with Crippen molar-refractivity contribution in [2.24, 2.45) is 0 Å². The van der Waals surface area contributed by atoms with Gasteiger partial charge < -0.3 is 5.32 Å². The van der Waals surface area contributed by atoms with Gasteiger partial charge in [-0.1, -0.05) is 17.7 Å². The number of rotatable bonds is 2. The highest BCUT2D eigenvalue weighted by Crippen LogP contribution is 2.23. The Labute approximate surface area is 114 Å². The van der Waals surface area contributed by atoms with Crippen molar-refractivity contribution in [1.82, 2.24) is 0 Å². The van der Waals surface area contributed by atoms with E-state index in [0.29, 0.717) is 16.3 Å². The average Bonchev–Trinajstić information content (AvgIpc) is 2.41. The number of anilines is 1. The highest BCUT2D eigenvalue weighted by molar-refractivity contribution is 6.34. The molecule has 0 spiro atoms. The van der Waals surface area contributed by atoms with Gasteiger partial charge in [-0.25, -0.2) is 4.39 Å². The lowest BCUT2D eigenvalue weighted by Crippen LogP contribution is -2.12. The zero-order chi connectivity index (χ0) is 13.8. The van der Waals surface area contributed by atoms with E-state index >= 15 is 0 Å². The molecule has 2 aromatic rings. The van der Waals surface area contributed by atoms with Crippen molar-refractivity contribution in [3.8, 4) is 6.07 Å². The van der Waals surface area contributed by atoms with Gasteiger partial charge in [-0.15, -0.1) is 0 Å². The molecule has 0 unspecified atom stereocenters. The topological polar surface area (TPSA) is 52.9 Å². The molecule has 0 bridgehead atoms. The average molecular weight is 275 g/mol. The van der Waals surface area contributed by atoms with Gasteiger partial charge in [0.1, 0.15) is 5.82 Å². The van der Waals surface area contributed by atoms with Crippen LogP contribution in [0.4, 0.5) is 10.1 Å². The predicted molar refractivity (Wildman–Crippen MR) is 70.5 cm³/mol. The highest BCUT2D eigenvalue weighted by Gasteiger charge is 2.09. The molecule has 0 aliphatic rings. The van der Waals surface area contributed by atoms with Crippen LogP contribution in [0.1, 0.15) is 15.9 Å². The molecule has 0 heterocycles. The van der Waals surface area contributed by atoms with Crippen molar-refractivity contribution in [3.05, 3.63) is 64.4 Å². The van der Waals surface area contributed by atoms with Crippen molar-refractivity contribution in [2.45, 2.75) is 0 Å². The van der Waals surface area contributed by atoms with Crippen LogP contribution >= 0.6 is 11.6 Å². The highest BCUT2D eigenvalue weighted by atomic mass is 35.5. The van der Waals surface area contributed by atoms with E-state index in [2.05, 4.69) is 5.32 Å². The number of halogens is 2. The molecule has 2 rings (SSSR count). The number of nitriles is 1. The van der Waals surface area contributed by atoms with Crippen LogP contribution < -0.4 is 5.32 Å². The molecular formula is C14H8ClFN2O. The maximum Gasteiger partial charge on any atom is 0.255 e. The third-order valence-electron chi connectivity index (χ3n) is 2.43. The molecule has 1 amide bonds. The fourth-order valence-corrected chi connectivity index (χ4v) is 1.68. The molecule has 0 fully saturated rings. The zero-order valence-corrected chi connectivity index (χ0v) is 10.4. The molecule has 19 heavy (non-hydrogen) atoms. The number of hydrogen-bond donors (Lipinski definition) is 1. The third kappa shape index (κ3) is 3.09. The van der Waals surface area contributed by atoms with Gasteiger partial charge in [0.15, 0.2) is 0 Å². The van der Waals surface area contributed by atoms with Crippen LogP contribution in [-0.2, 0) is 0 Å². The Morgan fingerprint density at radius 3 is 2.74 bits per heavy atom. The molecule has 5 heteroatoms. The Kier molecular flexibility index (Phi) is 3.79. The van der Waals surface area contributed by atoms with Gasteiger partial charge in [-0.3, -0.25) is 4.79 Å². The summed E-state index contributed by atoms with van der Waals surface area (Å²) >= 11 is 5.92. The first-order chi connectivity index (χ1) is 9.10. The summed E-state index contributed by atoms with van der Waals surface area (Å²) in [5.74, 6) is -0.985. The van der Waals surface area contributed by atoms with Crippen molar-refractivity contribution in [2.75, 3.05) is 5.32 Å². The van der Waals surface area contributed by atoms with E-state index in [4.69, 9.17) is 16.9 Å². The minimum atomic E-state index is -0.496. The predicted octanol–water partition coefficient (Wildman–Crippen LogP) is 3.60. The number of hydrogen-bond acceptors (Lipinski definition) is 2. The first-order valence-electron chi connectivity index (χ1n) is 5.37. The van der Waals surface area contributed by atoms with Crippen LogP contribution in [-0.4, -0.2) is 5.91 Å². The number of carbonyl (C=O) groups excluding carboxylic acids is 1. The number of amides is 1. The summed E-state index contributed by atoms with van der Waals surface area (Å²) in [6.45, 7) is 0. The molecule has 1 N–H and O–H groups in total. The SMILES string of the molecule is N#Cc1ccc(Cl)c(NC(=O)c2cccc(F)c2)c1. The second kappa shape index (κ2) is 5.51. The summed E-state index contributed by atoms with van der Waals surface area (Å²) in [6, 6.07) is 11.8. The lowest BCUT2D eigenvalue weighted by Gasteiger charge is -2.07. The molecule has 0 saturated heterocycles. The van der Waals surface area contributed by atoms with Crippen LogP contribution in [0.15, 0.2) is 42.5 Å². The first-order valence-corrected chi connectivity index (χ1v) is 5.74. The van der Waals surface area contributed by atoms with Crippen LogP contribution in [0.3, 0.4) is 0 Å². The summed E-state index contributed by atoms with van der Waals surface area (Å²) in [5.41, 5.74) is 0.868. The second-order valence-corrected chi connectivity index (χ2v) is 4.18. The number of nitrogens with zero attached hydrogens (tertiary/aromatic N) is 1. The van der Waals surface area contributed by atoms with Crippen molar-refractivity contribution >= 4 is 23.2 Å². The van der Waals surface area contributed by atoms with E-state index in [0.717, 1.165) is 6.07 Å². The summed E-state index contributed by atoms with van der Waals surface area (Å²) in [6.07, 6.45) is 0. The molecule has 0 saturated carbocycles. The molecule has 3 nitrogen and oxygen atoms in total.